The molecule has 1 saturated heterocycles. The predicted octanol–water partition coefficient (Wildman–Crippen LogP) is 4.63. The number of ether oxygens (including phenoxy) is 4. The van der Waals surface area contributed by atoms with Crippen molar-refractivity contribution in [2.24, 2.45) is 5.73 Å². The molecule has 39 heavy (non-hydrogen) atoms. The number of amides is 2. The maximum atomic E-state index is 13.5. The molecule has 0 aliphatic carbocycles. The van der Waals surface area contributed by atoms with E-state index in [1.54, 1.807) is 46.4 Å². The average molecular weight is 542 g/mol. The van der Waals surface area contributed by atoms with Gasteiger partial charge in [-0.05, 0) is 52.7 Å². The van der Waals surface area contributed by atoms with E-state index in [0.717, 1.165) is 11.1 Å². The number of nitrogens with one attached hydrogen (secondary N) is 1. The van der Waals surface area contributed by atoms with Crippen molar-refractivity contribution in [3.63, 3.8) is 0 Å². The summed E-state index contributed by atoms with van der Waals surface area (Å²) in [6, 6.07) is 18.4. The van der Waals surface area contributed by atoms with Gasteiger partial charge in [0.05, 0.1) is 25.3 Å². The number of benzene rings is 2. The van der Waals surface area contributed by atoms with Gasteiger partial charge in [0.15, 0.2) is 0 Å². The third kappa shape index (κ3) is 9.23. The van der Waals surface area contributed by atoms with Gasteiger partial charge in [0, 0.05) is 13.1 Å². The number of carbonyl (C=O) groups is 2. The Morgan fingerprint density at radius 2 is 1.23 bits per heavy atom. The summed E-state index contributed by atoms with van der Waals surface area (Å²) in [6.07, 6.45) is -2.32. The molecule has 0 bridgehead atoms. The van der Waals surface area contributed by atoms with E-state index in [-0.39, 0.29) is 13.1 Å². The second-order valence-electron chi connectivity index (χ2n) is 11.7. The highest BCUT2D eigenvalue weighted by atomic mass is 16.6. The number of alkyl carbamates (subject to hydrolysis) is 1. The number of nitrogens with two attached hydrogens (primary N) is 1. The molecular weight excluding hydrogens is 498 g/mol. The van der Waals surface area contributed by atoms with Gasteiger partial charge in [-0.3, -0.25) is 4.90 Å². The molecule has 0 spiro atoms. The van der Waals surface area contributed by atoms with Crippen LogP contribution in [0.25, 0.3) is 0 Å². The predicted molar refractivity (Wildman–Crippen MR) is 149 cm³/mol. The van der Waals surface area contributed by atoms with Crippen molar-refractivity contribution in [3.05, 3.63) is 71.8 Å². The number of hydrogen-bond acceptors (Lipinski definition) is 7. The zero-order valence-electron chi connectivity index (χ0n) is 23.9. The average Bonchev–Trinajstić information content (AvgIpc) is 3.16. The minimum atomic E-state index is -0.733. The normalized spacial score (nSPS) is 21.5. The standard InChI is InChI=1S/C30H43N3O6/c1-29(2,3)38-27(34)32-18-24-26(37-20-22-15-11-8-12-16-22)25(36-19-21-13-9-7-10-14-21)23(17-31)33(24)28(35)39-30(4,5)6/h7-16,23-26H,17-20,31H2,1-6H3,(H,32,34)/t23-,24+,25+,26+/m1/s1. The molecule has 1 fully saturated rings. The first kappa shape index (κ1) is 30.4. The molecule has 2 amide bonds. The topological polar surface area (TPSA) is 112 Å². The van der Waals surface area contributed by atoms with Crippen LogP contribution in [0.5, 0.6) is 0 Å². The lowest BCUT2D eigenvalue weighted by Crippen LogP contribution is -2.52. The van der Waals surface area contributed by atoms with Gasteiger partial charge >= 0.3 is 12.2 Å². The van der Waals surface area contributed by atoms with Crippen LogP contribution in [-0.4, -0.2) is 65.7 Å². The highest BCUT2D eigenvalue weighted by Crippen LogP contribution is 2.32. The lowest BCUT2D eigenvalue weighted by molar-refractivity contribution is -0.0778. The Morgan fingerprint density at radius 1 is 0.769 bits per heavy atom. The Hall–Kier alpha value is -3.14. The highest BCUT2D eigenvalue weighted by Gasteiger charge is 2.53. The first-order chi connectivity index (χ1) is 18.4. The van der Waals surface area contributed by atoms with Gasteiger partial charge in [-0.25, -0.2) is 9.59 Å². The van der Waals surface area contributed by atoms with E-state index >= 15 is 0 Å². The SMILES string of the molecule is CC(C)(C)OC(=O)NC[C@H]1[C@H](OCc2ccccc2)[C@@H](OCc2ccccc2)[C@@H](CN)N1C(=O)OC(C)(C)C. The molecule has 1 aliphatic rings. The summed E-state index contributed by atoms with van der Waals surface area (Å²) in [7, 11) is 0. The quantitative estimate of drug-likeness (QED) is 0.476. The summed E-state index contributed by atoms with van der Waals surface area (Å²) in [4.78, 5) is 27.7. The molecule has 3 rings (SSSR count). The zero-order valence-corrected chi connectivity index (χ0v) is 23.9. The summed E-state index contributed by atoms with van der Waals surface area (Å²) in [5, 5.41) is 2.81. The van der Waals surface area contributed by atoms with E-state index in [9.17, 15) is 9.59 Å². The minimum absolute atomic E-state index is 0.0648. The summed E-state index contributed by atoms with van der Waals surface area (Å²) in [5.41, 5.74) is 6.81. The fraction of sp³-hybridized carbons (Fsp3) is 0.533. The van der Waals surface area contributed by atoms with Crippen molar-refractivity contribution in [2.45, 2.75) is 90.2 Å². The van der Waals surface area contributed by atoms with Crippen LogP contribution in [-0.2, 0) is 32.2 Å². The van der Waals surface area contributed by atoms with Crippen molar-refractivity contribution in [2.75, 3.05) is 13.1 Å². The number of nitrogens with zero attached hydrogens (tertiary/aromatic N) is 1. The highest BCUT2D eigenvalue weighted by molar-refractivity contribution is 5.71. The second-order valence-corrected chi connectivity index (χ2v) is 11.7. The Morgan fingerprint density at radius 3 is 1.67 bits per heavy atom. The second kappa shape index (κ2) is 13.3. The molecule has 9 heteroatoms. The number of rotatable bonds is 9. The van der Waals surface area contributed by atoms with Gasteiger partial charge < -0.3 is 30.0 Å². The Labute approximate surface area is 231 Å². The molecule has 4 atom stereocenters. The molecule has 9 nitrogen and oxygen atoms in total. The third-order valence-corrected chi connectivity index (χ3v) is 6.07. The Balaban J connectivity index is 1.93. The van der Waals surface area contributed by atoms with Gasteiger partial charge in [0.1, 0.15) is 23.4 Å². The molecule has 1 heterocycles. The largest absolute Gasteiger partial charge is 0.444 e. The van der Waals surface area contributed by atoms with Crippen LogP contribution >= 0.6 is 0 Å². The third-order valence-electron chi connectivity index (χ3n) is 6.07. The zero-order chi connectivity index (χ0) is 28.6. The van der Waals surface area contributed by atoms with Crippen LogP contribution in [0.3, 0.4) is 0 Å². The molecule has 0 radical (unpaired) electrons. The van der Waals surface area contributed by atoms with Crippen LogP contribution in [0.1, 0.15) is 52.7 Å². The number of likely N-dealkylation sites (tertiary alicyclic amines) is 1. The smallest absolute Gasteiger partial charge is 0.411 e. The number of hydrogen-bond donors (Lipinski definition) is 2. The summed E-state index contributed by atoms with van der Waals surface area (Å²) in [6.45, 7) is 11.6. The maximum absolute atomic E-state index is 13.5. The summed E-state index contributed by atoms with van der Waals surface area (Å²) >= 11 is 0. The van der Waals surface area contributed by atoms with E-state index in [4.69, 9.17) is 24.7 Å². The Kier molecular flexibility index (Phi) is 10.4. The molecule has 3 N–H and O–H groups in total. The van der Waals surface area contributed by atoms with Gasteiger partial charge in [0.25, 0.3) is 0 Å². The van der Waals surface area contributed by atoms with Crippen molar-refractivity contribution >= 4 is 12.2 Å². The van der Waals surface area contributed by atoms with E-state index in [1.807, 2.05) is 60.7 Å². The molecule has 2 aromatic carbocycles. The van der Waals surface area contributed by atoms with Crippen molar-refractivity contribution in [1.29, 1.82) is 0 Å². The Bertz CT molecular complexity index is 1050. The summed E-state index contributed by atoms with van der Waals surface area (Å²) in [5.74, 6) is 0. The first-order valence-electron chi connectivity index (χ1n) is 13.4. The van der Waals surface area contributed by atoms with E-state index in [1.165, 1.54) is 0 Å². The minimum Gasteiger partial charge on any atom is -0.444 e. The van der Waals surface area contributed by atoms with E-state index in [2.05, 4.69) is 5.32 Å². The maximum Gasteiger partial charge on any atom is 0.411 e. The van der Waals surface area contributed by atoms with Crippen molar-refractivity contribution in [3.8, 4) is 0 Å². The van der Waals surface area contributed by atoms with Crippen LogP contribution in [0.4, 0.5) is 9.59 Å². The lowest BCUT2D eigenvalue weighted by Gasteiger charge is -2.33. The fourth-order valence-electron chi connectivity index (χ4n) is 4.50. The van der Waals surface area contributed by atoms with E-state index in [0.29, 0.717) is 13.2 Å². The fourth-order valence-corrected chi connectivity index (χ4v) is 4.50. The molecule has 0 saturated carbocycles. The van der Waals surface area contributed by atoms with Crippen LogP contribution < -0.4 is 11.1 Å². The first-order valence-corrected chi connectivity index (χ1v) is 13.4. The van der Waals surface area contributed by atoms with E-state index < -0.39 is 47.7 Å². The molecule has 2 aromatic rings. The van der Waals surface area contributed by atoms with Crippen LogP contribution in [0.15, 0.2) is 60.7 Å². The van der Waals surface area contributed by atoms with Gasteiger partial charge in [-0.2, -0.15) is 0 Å². The molecule has 0 aromatic heterocycles. The van der Waals surface area contributed by atoms with Gasteiger partial charge in [-0.15, -0.1) is 0 Å². The molecular formula is C30H43N3O6. The lowest BCUT2D eigenvalue weighted by atomic mass is 10.1. The van der Waals surface area contributed by atoms with Gasteiger partial charge in [-0.1, -0.05) is 60.7 Å². The molecule has 1 aliphatic heterocycles. The van der Waals surface area contributed by atoms with Crippen LogP contribution in [0.2, 0.25) is 0 Å². The molecule has 0 unspecified atom stereocenters. The molecule has 214 valence electrons. The van der Waals surface area contributed by atoms with Crippen LogP contribution in [0, 0.1) is 0 Å². The number of carbonyl (C=O) groups excluding carboxylic acids is 2. The summed E-state index contributed by atoms with van der Waals surface area (Å²) < 4.78 is 24.1. The van der Waals surface area contributed by atoms with Gasteiger partial charge in [0.2, 0.25) is 0 Å². The van der Waals surface area contributed by atoms with Crippen molar-refractivity contribution < 1.29 is 28.5 Å². The van der Waals surface area contributed by atoms with Crippen molar-refractivity contribution in [1.82, 2.24) is 10.2 Å². The monoisotopic (exact) mass is 541 g/mol.